The third kappa shape index (κ3) is 4.63. The molecule has 184 valence electrons. The summed E-state index contributed by atoms with van der Waals surface area (Å²) in [5.41, 5.74) is -0.514. The van der Waals surface area contributed by atoms with Crippen LogP contribution in [-0.2, 0) is 4.79 Å². The Morgan fingerprint density at radius 2 is 1.85 bits per heavy atom. The summed E-state index contributed by atoms with van der Waals surface area (Å²) in [5, 5.41) is 7.76. The molecule has 0 bridgehead atoms. The number of carbonyl (C=O) groups is 1. The topological polar surface area (TPSA) is 48.3 Å². The van der Waals surface area contributed by atoms with E-state index in [1.165, 1.54) is 24.4 Å². The lowest BCUT2D eigenvalue weighted by Crippen LogP contribution is -2.49. The Hall–Kier alpha value is -2.67. The molecule has 1 saturated heterocycles. The highest BCUT2D eigenvalue weighted by atomic mass is 19.1. The molecule has 1 heterocycles. The minimum absolute atomic E-state index is 0.0459. The zero-order chi connectivity index (χ0) is 25.3. The summed E-state index contributed by atoms with van der Waals surface area (Å²) in [6.07, 6.45) is 5.24. The van der Waals surface area contributed by atoms with Crippen LogP contribution in [0.15, 0.2) is 59.4 Å². The molecule has 2 fully saturated rings. The molecule has 1 amide bonds. The van der Waals surface area contributed by atoms with Crippen LogP contribution in [0.4, 0.5) is 8.78 Å². The molecule has 1 aliphatic carbocycles. The zero-order valence-electron chi connectivity index (χ0n) is 20.9. The summed E-state index contributed by atoms with van der Waals surface area (Å²) in [6, 6.07) is 4.05. The summed E-state index contributed by atoms with van der Waals surface area (Å²) in [5.74, 6) is -1.33. The fraction of sp³-hybridized carbons (Fsp3) is 0.519. The van der Waals surface area contributed by atoms with Crippen molar-refractivity contribution in [3.05, 3.63) is 66.4 Å². The van der Waals surface area contributed by atoms with Gasteiger partial charge in [0.15, 0.2) is 0 Å². The fourth-order valence-corrected chi connectivity index (χ4v) is 5.50. The van der Waals surface area contributed by atoms with Crippen molar-refractivity contribution in [3.63, 3.8) is 0 Å². The molecule has 3 atom stereocenters. The van der Waals surface area contributed by atoms with Gasteiger partial charge in [-0.05, 0) is 68.5 Å². The van der Waals surface area contributed by atoms with Crippen LogP contribution in [0.2, 0.25) is 0 Å². The van der Waals surface area contributed by atoms with Crippen molar-refractivity contribution in [3.8, 4) is 0 Å². The highest BCUT2D eigenvalue weighted by Crippen LogP contribution is 2.59. The Morgan fingerprint density at radius 3 is 2.41 bits per heavy atom. The van der Waals surface area contributed by atoms with Crippen molar-refractivity contribution in [2.24, 2.45) is 27.0 Å². The third-order valence-corrected chi connectivity index (χ3v) is 8.11. The second-order valence-electron chi connectivity index (χ2n) is 10.4. The first kappa shape index (κ1) is 25.9. The molecule has 0 N–H and O–H groups in total. The van der Waals surface area contributed by atoms with E-state index in [0.717, 1.165) is 32.4 Å². The predicted octanol–water partition coefficient (Wildman–Crippen LogP) is 6.06. The van der Waals surface area contributed by atoms with E-state index >= 15 is 0 Å². The number of nitrogens with zero attached hydrogens (tertiary/aromatic N) is 4. The molecule has 1 aromatic rings. The number of allylic oxidation sites excluding steroid dienone is 2. The number of carbonyl (C=O) groups excluding carboxylic acids is 1. The number of halogens is 2. The standard InChI is InChI=1S/C27H36F2N4O/c1-8-30-31-23(24-21(28)10-9-11-22(24)29)16-18(2)20-12-14-27(5,26(20,3)4)25(34)33-15-13-19(17-33)32(6)7/h8-11,16,19-20H,1-2,12-15,17H2,3-7H3/b23-16-,31-30?/t19-,20?,27-/m1/s1. The summed E-state index contributed by atoms with van der Waals surface area (Å²) >= 11 is 0. The van der Waals surface area contributed by atoms with Crippen molar-refractivity contribution in [2.45, 2.75) is 46.1 Å². The molecule has 1 saturated carbocycles. The first-order valence-electron chi connectivity index (χ1n) is 11.8. The first-order valence-corrected chi connectivity index (χ1v) is 11.8. The van der Waals surface area contributed by atoms with Crippen molar-refractivity contribution >= 4 is 11.6 Å². The second-order valence-corrected chi connectivity index (χ2v) is 10.4. The molecule has 1 unspecified atom stereocenters. The SMILES string of the molecule is C=CN=N/C(=C\C(=C)C1CC[C@](C)(C(=O)N2CC[C@@H](N(C)C)C2)C1(C)C)c1c(F)cccc1F. The van der Waals surface area contributed by atoms with Crippen LogP contribution in [0.1, 0.15) is 45.6 Å². The lowest BCUT2D eigenvalue weighted by molar-refractivity contribution is -0.146. The number of azo groups is 1. The summed E-state index contributed by atoms with van der Waals surface area (Å²) in [4.78, 5) is 17.9. The molecule has 2 aliphatic rings. The average Bonchev–Trinajstić information content (AvgIpc) is 3.35. The molecule has 5 nitrogen and oxygen atoms in total. The minimum atomic E-state index is -0.725. The maximum atomic E-state index is 14.5. The van der Waals surface area contributed by atoms with E-state index < -0.39 is 22.5 Å². The Balaban J connectivity index is 1.90. The van der Waals surface area contributed by atoms with Gasteiger partial charge in [0.05, 0.1) is 16.7 Å². The van der Waals surface area contributed by atoms with Crippen LogP contribution in [0.3, 0.4) is 0 Å². The van der Waals surface area contributed by atoms with E-state index in [0.29, 0.717) is 11.6 Å². The van der Waals surface area contributed by atoms with Gasteiger partial charge in [0, 0.05) is 25.3 Å². The van der Waals surface area contributed by atoms with Crippen molar-refractivity contribution in [2.75, 3.05) is 27.2 Å². The highest BCUT2D eigenvalue weighted by Gasteiger charge is 2.57. The Bertz CT molecular complexity index is 1010. The minimum Gasteiger partial charge on any atom is -0.341 e. The number of likely N-dealkylation sites (N-methyl/N-ethyl adjacent to an activating group) is 1. The maximum absolute atomic E-state index is 14.5. The monoisotopic (exact) mass is 470 g/mol. The number of rotatable bonds is 7. The van der Waals surface area contributed by atoms with Crippen LogP contribution < -0.4 is 0 Å². The molecule has 1 aliphatic heterocycles. The van der Waals surface area contributed by atoms with Gasteiger partial charge in [0.25, 0.3) is 0 Å². The number of likely N-dealkylation sites (tertiary alicyclic amines) is 1. The van der Waals surface area contributed by atoms with Crippen molar-refractivity contribution in [1.29, 1.82) is 0 Å². The molecule has 0 aromatic heterocycles. The van der Waals surface area contributed by atoms with E-state index in [4.69, 9.17) is 0 Å². The number of amides is 1. The molecular weight excluding hydrogens is 434 g/mol. The average molecular weight is 471 g/mol. The number of hydrogen-bond acceptors (Lipinski definition) is 4. The van der Waals surface area contributed by atoms with Gasteiger partial charge in [-0.2, -0.15) is 10.2 Å². The van der Waals surface area contributed by atoms with Gasteiger partial charge in [-0.25, -0.2) is 8.78 Å². The normalized spacial score (nSPS) is 27.1. The molecule has 0 radical (unpaired) electrons. The molecule has 34 heavy (non-hydrogen) atoms. The Kier molecular flexibility index (Phi) is 7.56. The number of hydrogen-bond donors (Lipinski definition) is 0. The van der Waals surface area contributed by atoms with E-state index in [1.54, 1.807) is 6.08 Å². The van der Waals surface area contributed by atoms with E-state index in [9.17, 15) is 13.6 Å². The lowest BCUT2D eigenvalue weighted by atomic mass is 9.63. The smallest absolute Gasteiger partial charge is 0.229 e. The molecule has 1 aromatic carbocycles. The highest BCUT2D eigenvalue weighted by molar-refractivity contribution is 5.84. The molecule has 3 rings (SSSR count). The summed E-state index contributed by atoms with van der Waals surface area (Å²) in [7, 11) is 4.10. The van der Waals surface area contributed by atoms with Crippen LogP contribution in [-0.4, -0.2) is 48.9 Å². The largest absolute Gasteiger partial charge is 0.341 e. The van der Waals surface area contributed by atoms with Crippen molar-refractivity contribution < 1.29 is 13.6 Å². The first-order chi connectivity index (χ1) is 15.9. The molecular formula is C27H36F2N4O. The summed E-state index contributed by atoms with van der Waals surface area (Å²) in [6.45, 7) is 15.5. The van der Waals surface area contributed by atoms with Gasteiger partial charge < -0.3 is 9.80 Å². The molecule has 7 heteroatoms. The van der Waals surface area contributed by atoms with Gasteiger partial charge in [0.2, 0.25) is 5.91 Å². The van der Waals surface area contributed by atoms with Gasteiger partial charge in [-0.1, -0.05) is 40.0 Å². The quantitative estimate of drug-likeness (QED) is 0.359. The predicted molar refractivity (Wildman–Crippen MR) is 132 cm³/mol. The van der Waals surface area contributed by atoms with Crippen molar-refractivity contribution in [1.82, 2.24) is 9.80 Å². The van der Waals surface area contributed by atoms with Crippen LogP contribution in [0, 0.1) is 28.4 Å². The van der Waals surface area contributed by atoms with Crippen LogP contribution in [0.5, 0.6) is 0 Å². The van der Waals surface area contributed by atoms with Gasteiger partial charge >= 0.3 is 0 Å². The second kappa shape index (κ2) is 9.90. The van der Waals surface area contributed by atoms with Gasteiger partial charge in [-0.3, -0.25) is 4.79 Å². The Labute approximate surface area is 201 Å². The van der Waals surface area contributed by atoms with Gasteiger partial charge in [-0.15, -0.1) is 0 Å². The number of benzene rings is 1. The third-order valence-electron chi connectivity index (χ3n) is 8.11. The Morgan fingerprint density at radius 1 is 1.21 bits per heavy atom. The van der Waals surface area contributed by atoms with E-state index in [-0.39, 0.29) is 23.1 Å². The lowest BCUT2D eigenvalue weighted by Gasteiger charge is -2.43. The van der Waals surface area contributed by atoms with Gasteiger partial charge in [0.1, 0.15) is 11.6 Å². The van der Waals surface area contributed by atoms with E-state index in [2.05, 4.69) is 42.1 Å². The van der Waals surface area contributed by atoms with E-state index in [1.807, 2.05) is 25.9 Å². The fourth-order valence-electron chi connectivity index (χ4n) is 5.50. The van der Waals surface area contributed by atoms with Crippen LogP contribution in [0.25, 0.3) is 5.70 Å². The van der Waals surface area contributed by atoms with Crippen LogP contribution >= 0.6 is 0 Å². The maximum Gasteiger partial charge on any atom is 0.229 e. The summed E-state index contributed by atoms with van der Waals surface area (Å²) < 4.78 is 29.0. The zero-order valence-corrected chi connectivity index (χ0v) is 20.9. The molecule has 0 spiro atoms.